The van der Waals surface area contributed by atoms with Crippen molar-refractivity contribution in [3.05, 3.63) is 0 Å². The highest BCUT2D eigenvalue weighted by atomic mass is 32.2. The molecule has 0 amide bonds. The van der Waals surface area contributed by atoms with E-state index in [4.69, 9.17) is 4.55 Å². The zero-order valence-electron chi connectivity index (χ0n) is 5.28. The van der Waals surface area contributed by atoms with Gasteiger partial charge in [-0.2, -0.15) is 8.42 Å². The Morgan fingerprint density at radius 1 is 1.50 bits per heavy atom. The Labute approximate surface area is 59.2 Å². The molecule has 5 nitrogen and oxygen atoms in total. The van der Waals surface area contributed by atoms with Gasteiger partial charge in [0.25, 0.3) is 10.1 Å². The Hall–Kier alpha value is -0.460. The van der Waals surface area contributed by atoms with Gasteiger partial charge in [0.2, 0.25) is 0 Å². The molecule has 0 aromatic heterocycles. The molecule has 0 radical (unpaired) electrons. The normalized spacial score (nSPS) is 11.3. The minimum Gasteiger partial charge on any atom is -0.309 e. The first-order chi connectivity index (χ1) is 4.56. The third kappa shape index (κ3) is 7.54. The second-order valence-corrected chi connectivity index (χ2v) is 3.23. The maximum atomic E-state index is 10.0. The van der Waals surface area contributed by atoms with E-state index in [2.05, 4.69) is 5.32 Å². The van der Waals surface area contributed by atoms with E-state index in [-0.39, 0.29) is 18.8 Å². The molecule has 60 valence electrons. The van der Waals surface area contributed by atoms with Crippen LogP contribution in [0.1, 0.15) is 0 Å². The Morgan fingerprint density at radius 3 is 2.50 bits per heavy atom. The molecule has 0 aliphatic rings. The van der Waals surface area contributed by atoms with E-state index >= 15 is 0 Å². The van der Waals surface area contributed by atoms with Crippen LogP contribution in [0.3, 0.4) is 0 Å². The van der Waals surface area contributed by atoms with Gasteiger partial charge in [0, 0.05) is 6.54 Å². The van der Waals surface area contributed by atoms with Gasteiger partial charge in [-0.1, -0.05) is 0 Å². The fraction of sp³-hybridized carbons (Fsp3) is 0.750. The maximum absolute atomic E-state index is 10.0. The van der Waals surface area contributed by atoms with E-state index in [9.17, 15) is 13.2 Å². The van der Waals surface area contributed by atoms with Gasteiger partial charge >= 0.3 is 0 Å². The number of nitrogens with one attached hydrogen (secondary N) is 1. The van der Waals surface area contributed by atoms with Crippen molar-refractivity contribution in [3.8, 4) is 0 Å². The van der Waals surface area contributed by atoms with Crippen LogP contribution in [0.15, 0.2) is 0 Å². The topological polar surface area (TPSA) is 83.5 Å². The number of hydrogen-bond donors (Lipinski definition) is 2. The van der Waals surface area contributed by atoms with E-state index in [1.807, 2.05) is 0 Å². The SMILES string of the molecule is O=CCNCCS(=O)(=O)O. The first-order valence-electron chi connectivity index (χ1n) is 2.66. The van der Waals surface area contributed by atoms with Crippen molar-refractivity contribution < 1.29 is 17.8 Å². The molecule has 0 bridgehead atoms. The molecule has 0 aromatic carbocycles. The summed E-state index contributed by atoms with van der Waals surface area (Å²) >= 11 is 0. The smallest absolute Gasteiger partial charge is 0.266 e. The molecule has 0 saturated heterocycles. The fourth-order valence-electron chi connectivity index (χ4n) is 0.362. The molecule has 0 saturated carbocycles. The molecule has 0 rings (SSSR count). The average molecular weight is 167 g/mol. The Morgan fingerprint density at radius 2 is 2.10 bits per heavy atom. The van der Waals surface area contributed by atoms with Gasteiger partial charge in [-0.15, -0.1) is 0 Å². The third-order valence-corrected chi connectivity index (χ3v) is 1.48. The van der Waals surface area contributed by atoms with Gasteiger partial charge in [0.15, 0.2) is 0 Å². The summed E-state index contributed by atoms with van der Waals surface area (Å²) < 4.78 is 28.2. The van der Waals surface area contributed by atoms with Crippen molar-refractivity contribution in [3.63, 3.8) is 0 Å². The molecular weight excluding hydrogens is 158 g/mol. The van der Waals surface area contributed by atoms with Gasteiger partial charge < -0.3 is 10.1 Å². The summed E-state index contributed by atoms with van der Waals surface area (Å²) in [4.78, 5) is 9.65. The standard InChI is InChI=1S/C4H9NO4S/c6-3-1-5-2-4-10(7,8)9/h3,5H,1-2,4H2,(H,7,8,9). The number of hydrogen-bond acceptors (Lipinski definition) is 4. The lowest BCUT2D eigenvalue weighted by atomic mass is 10.6. The second kappa shape index (κ2) is 4.37. The minimum absolute atomic E-state index is 0.0948. The van der Waals surface area contributed by atoms with Crippen LogP contribution in [0.2, 0.25) is 0 Å². The molecule has 0 spiro atoms. The van der Waals surface area contributed by atoms with E-state index in [0.717, 1.165) is 0 Å². The number of carbonyl (C=O) groups is 1. The molecular formula is C4H9NO4S. The molecule has 0 aliphatic carbocycles. The van der Waals surface area contributed by atoms with E-state index in [0.29, 0.717) is 6.29 Å². The van der Waals surface area contributed by atoms with Gasteiger partial charge in [-0.05, 0) is 0 Å². The minimum atomic E-state index is -3.88. The lowest BCUT2D eigenvalue weighted by Crippen LogP contribution is -2.23. The van der Waals surface area contributed by atoms with Gasteiger partial charge in [0.1, 0.15) is 6.29 Å². The number of carbonyl (C=O) groups excluding carboxylic acids is 1. The third-order valence-electron chi connectivity index (χ3n) is 0.764. The monoisotopic (exact) mass is 167 g/mol. The maximum Gasteiger partial charge on any atom is 0.266 e. The Balaban J connectivity index is 3.29. The van der Waals surface area contributed by atoms with Crippen LogP contribution in [-0.4, -0.2) is 38.1 Å². The Bertz CT molecular complexity index is 185. The number of aldehydes is 1. The molecule has 0 heterocycles. The van der Waals surface area contributed by atoms with Crippen LogP contribution < -0.4 is 5.32 Å². The summed E-state index contributed by atoms with van der Waals surface area (Å²) in [6, 6.07) is 0. The molecule has 0 unspecified atom stereocenters. The van der Waals surface area contributed by atoms with Crippen molar-refractivity contribution in [2.24, 2.45) is 0 Å². The molecule has 6 heteroatoms. The van der Waals surface area contributed by atoms with Crippen molar-refractivity contribution in [1.82, 2.24) is 5.32 Å². The molecule has 0 fully saturated rings. The van der Waals surface area contributed by atoms with Gasteiger partial charge in [-0.25, -0.2) is 0 Å². The number of rotatable bonds is 5. The van der Waals surface area contributed by atoms with Crippen molar-refractivity contribution >= 4 is 16.4 Å². The van der Waals surface area contributed by atoms with E-state index < -0.39 is 10.1 Å². The van der Waals surface area contributed by atoms with Crippen molar-refractivity contribution in [2.75, 3.05) is 18.8 Å². The van der Waals surface area contributed by atoms with Crippen LogP contribution in [0.25, 0.3) is 0 Å². The van der Waals surface area contributed by atoms with Gasteiger partial charge in [0.05, 0.1) is 12.3 Å². The molecule has 2 N–H and O–H groups in total. The van der Waals surface area contributed by atoms with Crippen LogP contribution >= 0.6 is 0 Å². The fourth-order valence-corrected chi connectivity index (χ4v) is 0.764. The average Bonchev–Trinajstić information content (AvgIpc) is 1.78. The summed E-state index contributed by atoms with van der Waals surface area (Å²) in [6.07, 6.45) is 0.615. The lowest BCUT2D eigenvalue weighted by Gasteiger charge is -1.95. The highest BCUT2D eigenvalue weighted by Crippen LogP contribution is 1.77. The van der Waals surface area contributed by atoms with Gasteiger partial charge in [-0.3, -0.25) is 4.55 Å². The highest BCUT2D eigenvalue weighted by Gasteiger charge is 2.01. The van der Waals surface area contributed by atoms with Crippen molar-refractivity contribution in [1.29, 1.82) is 0 Å². The summed E-state index contributed by atoms with van der Waals surface area (Å²) in [6.45, 7) is 0.201. The van der Waals surface area contributed by atoms with E-state index in [1.54, 1.807) is 0 Å². The van der Waals surface area contributed by atoms with Crippen LogP contribution in [0.4, 0.5) is 0 Å². The first kappa shape index (κ1) is 9.54. The Kier molecular flexibility index (Phi) is 4.17. The largest absolute Gasteiger partial charge is 0.309 e. The van der Waals surface area contributed by atoms with Crippen LogP contribution in [0, 0.1) is 0 Å². The predicted molar refractivity (Wildman–Crippen MR) is 35.3 cm³/mol. The lowest BCUT2D eigenvalue weighted by molar-refractivity contribution is -0.107. The molecule has 10 heavy (non-hydrogen) atoms. The van der Waals surface area contributed by atoms with E-state index in [1.165, 1.54) is 0 Å². The summed E-state index contributed by atoms with van der Waals surface area (Å²) in [5.74, 6) is -0.360. The van der Waals surface area contributed by atoms with Crippen LogP contribution in [-0.2, 0) is 14.9 Å². The summed E-state index contributed by atoms with van der Waals surface area (Å²) in [7, 11) is -3.88. The van der Waals surface area contributed by atoms with Crippen LogP contribution in [0.5, 0.6) is 0 Å². The summed E-state index contributed by atoms with van der Waals surface area (Å²) in [5, 5.41) is 2.48. The molecule has 0 atom stereocenters. The first-order valence-corrected chi connectivity index (χ1v) is 4.26. The quantitative estimate of drug-likeness (QED) is 0.301. The van der Waals surface area contributed by atoms with Crippen molar-refractivity contribution in [2.45, 2.75) is 0 Å². The predicted octanol–water partition coefficient (Wildman–Crippen LogP) is -1.34. The highest BCUT2D eigenvalue weighted by molar-refractivity contribution is 7.85. The molecule has 0 aliphatic heterocycles. The summed E-state index contributed by atoms with van der Waals surface area (Å²) in [5.41, 5.74) is 0. The zero-order chi connectivity index (χ0) is 8.04. The molecule has 0 aromatic rings. The zero-order valence-corrected chi connectivity index (χ0v) is 6.10. The second-order valence-electron chi connectivity index (χ2n) is 1.66.